The molecule has 18 aromatic carbocycles. The van der Waals surface area contributed by atoms with Gasteiger partial charge in [0, 0.05) is 68.2 Å². The summed E-state index contributed by atoms with van der Waals surface area (Å²) in [6.45, 7) is 8.00. The molecule has 0 unspecified atom stereocenters. The van der Waals surface area contributed by atoms with E-state index in [0.717, 1.165) is 79.4 Å². The van der Waals surface area contributed by atoms with Gasteiger partial charge >= 0.3 is 0 Å². The van der Waals surface area contributed by atoms with Crippen molar-refractivity contribution in [2.45, 2.75) is 27.7 Å². The van der Waals surface area contributed by atoms with Crippen molar-refractivity contribution >= 4 is 68.2 Å². The van der Waals surface area contributed by atoms with Gasteiger partial charge in [0.25, 0.3) is 0 Å². The number of para-hydroxylation sites is 3. The molecule has 0 radical (unpaired) electrons. The second-order valence-electron chi connectivity index (χ2n) is 27.7. The van der Waals surface area contributed by atoms with Gasteiger partial charge in [-0.25, -0.2) is 0 Å². The van der Waals surface area contributed by atoms with Crippen molar-refractivity contribution in [2.24, 2.45) is 0 Å². The highest BCUT2D eigenvalue weighted by Crippen LogP contribution is 2.43. The van der Waals surface area contributed by atoms with E-state index < -0.39 is 0 Å². The van der Waals surface area contributed by atoms with Crippen molar-refractivity contribution < 1.29 is 0 Å². The Morgan fingerprint density at radius 2 is 0.164 bits per heavy atom. The van der Waals surface area contributed by atoms with Crippen LogP contribution in [0.2, 0.25) is 0 Å². The fraction of sp³-hybridized carbons (Fsp3) is 0.0357. The molecule has 0 N–H and O–H groups in total. The predicted molar refractivity (Wildman–Crippen MR) is 498 cm³/mol. The summed E-state index contributed by atoms with van der Waals surface area (Å²) in [7, 11) is 0. The van der Waals surface area contributed by atoms with E-state index in [9.17, 15) is 0 Å². The topological polar surface area (TPSA) is 13.0 Å². The fourth-order valence-electron chi connectivity index (χ4n) is 14.8. The Hall–Kier alpha value is -14.8. The first-order chi connectivity index (χ1) is 57.5. The highest BCUT2D eigenvalue weighted by atomic mass is 15.2. The Labute approximate surface area is 685 Å². The summed E-state index contributed by atoms with van der Waals surface area (Å²) in [5, 5.41) is 0. The predicted octanol–water partition coefficient (Wildman–Crippen LogP) is 32.6. The zero-order valence-electron chi connectivity index (χ0n) is 66.0. The first kappa shape index (κ1) is 76.5. The minimum Gasteiger partial charge on any atom is -0.311 e. The Bertz CT molecular complexity index is 5710. The van der Waals surface area contributed by atoms with Crippen LogP contribution in [0.25, 0.3) is 89.0 Å². The van der Waals surface area contributed by atoms with Gasteiger partial charge in [0.2, 0.25) is 0 Å². The molecule has 0 saturated heterocycles. The van der Waals surface area contributed by atoms with E-state index in [2.05, 4.69) is 505 Å². The van der Waals surface area contributed by atoms with Crippen LogP contribution < -0.4 is 19.6 Å². The maximum atomic E-state index is 2.33. The fourth-order valence-corrected chi connectivity index (χ4v) is 14.8. The number of hydrogen-bond acceptors (Lipinski definition) is 4. The number of nitrogens with zero attached hydrogens (tertiary/aromatic N) is 4. The third kappa shape index (κ3) is 18.2. The third-order valence-corrected chi connectivity index (χ3v) is 20.6. The average molecular weight is 1490 g/mol. The maximum absolute atomic E-state index is 2.33. The molecule has 18 rings (SSSR count). The molecule has 4 heteroatoms. The second-order valence-corrected chi connectivity index (χ2v) is 27.7. The molecular weight excluding hydrogens is 1400 g/mol. The highest BCUT2D eigenvalue weighted by molar-refractivity contribution is 5.86. The van der Waals surface area contributed by atoms with E-state index >= 15 is 0 Å². The molecule has 4 nitrogen and oxygen atoms in total. The molecule has 0 heterocycles. The van der Waals surface area contributed by atoms with Gasteiger partial charge in [-0.2, -0.15) is 0 Å². The van der Waals surface area contributed by atoms with Crippen LogP contribution in [-0.4, -0.2) is 0 Å². The number of benzene rings is 18. The quantitative estimate of drug-likeness (QED) is 0.0754. The van der Waals surface area contributed by atoms with Crippen LogP contribution in [0.5, 0.6) is 0 Å². The molecule has 0 amide bonds. The van der Waals surface area contributed by atoms with Gasteiger partial charge in [-0.05, 0) is 235 Å². The summed E-state index contributed by atoms with van der Waals surface area (Å²) in [6.07, 6.45) is 0. The standard InChI is InChI=1S/C60H44N2.C48H36N2.2C2H6/c1-5-13-45(14-6-1)48-21-23-49(24-22-48)52-29-39-56(40-30-52)61(55-19-11-4-12-20-55)57-41-31-53(32-42-57)54-33-43-60(44-34-54)62(58-35-25-50(26-36-58)46-15-7-2-8-16-46)59-37-27-51(28-38-59)47-17-9-3-10-18-47;1-5-13-37(14-6-1)39-21-29-45(30-22-39)49(43-17-9-3-10-18-43)47-33-25-41(26-34-47)42-27-35-48(36-28-42)50(44-19-11-4-12-20-44)46-31-23-40(24-32-46)38-15-7-2-8-16-38;2*1-2/h1-44H;1-36H;2*1-2H3. The molecule has 0 aliphatic heterocycles. The molecule has 0 aliphatic rings. The van der Waals surface area contributed by atoms with Crippen molar-refractivity contribution in [2.75, 3.05) is 19.6 Å². The molecule has 0 atom stereocenters. The van der Waals surface area contributed by atoms with Crippen LogP contribution in [0.3, 0.4) is 0 Å². The molecule has 0 spiro atoms. The normalized spacial score (nSPS) is 10.6. The summed E-state index contributed by atoms with van der Waals surface area (Å²) in [5.41, 5.74) is 32.4. The minimum absolute atomic E-state index is 1.09. The number of anilines is 12. The lowest BCUT2D eigenvalue weighted by molar-refractivity contribution is 1.28. The van der Waals surface area contributed by atoms with E-state index in [-0.39, 0.29) is 0 Å². The van der Waals surface area contributed by atoms with E-state index in [0.29, 0.717) is 0 Å². The molecular formula is C112H92N4. The molecule has 116 heavy (non-hydrogen) atoms. The Morgan fingerprint density at radius 1 is 0.0862 bits per heavy atom. The van der Waals surface area contributed by atoms with Gasteiger partial charge < -0.3 is 19.6 Å². The number of hydrogen-bond donors (Lipinski definition) is 0. The maximum Gasteiger partial charge on any atom is 0.0462 e. The molecule has 0 saturated carbocycles. The van der Waals surface area contributed by atoms with Gasteiger partial charge in [-0.15, -0.1) is 0 Å². The van der Waals surface area contributed by atoms with Crippen LogP contribution in [-0.2, 0) is 0 Å². The van der Waals surface area contributed by atoms with Crippen molar-refractivity contribution in [1.82, 2.24) is 0 Å². The lowest BCUT2D eigenvalue weighted by Crippen LogP contribution is -2.10. The van der Waals surface area contributed by atoms with Crippen LogP contribution in [0.4, 0.5) is 68.2 Å². The molecule has 0 fully saturated rings. The van der Waals surface area contributed by atoms with Crippen molar-refractivity contribution in [1.29, 1.82) is 0 Å². The molecule has 560 valence electrons. The lowest BCUT2D eigenvalue weighted by Gasteiger charge is -2.26. The number of rotatable bonds is 20. The zero-order chi connectivity index (χ0) is 79.0. The Kier molecular flexibility index (Phi) is 25.0. The highest BCUT2D eigenvalue weighted by Gasteiger charge is 2.19. The monoisotopic (exact) mass is 1490 g/mol. The summed E-state index contributed by atoms with van der Waals surface area (Å²) >= 11 is 0. The van der Waals surface area contributed by atoms with E-state index in [1.165, 1.54) is 77.9 Å². The van der Waals surface area contributed by atoms with Gasteiger partial charge in [-0.1, -0.05) is 367 Å². The van der Waals surface area contributed by atoms with Crippen molar-refractivity contribution in [3.05, 3.63) is 485 Å². The van der Waals surface area contributed by atoms with Crippen LogP contribution >= 0.6 is 0 Å². The van der Waals surface area contributed by atoms with Gasteiger partial charge in [-0.3, -0.25) is 0 Å². The van der Waals surface area contributed by atoms with Crippen molar-refractivity contribution in [3.63, 3.8) is 0 Å². The van der Waals surface area contributed by atoms with Crippen LogP contribution in [0.15, 0.2) is 485 Å². The van der Waals surface area contributed by atoms with Gasteiger partial charge in [0.15, 0.2) is 0 Å². The lowest BCUT2D eigenvalue weighted by atomic mass is 10.00. The molecule has 0 aromatic heterocycles. The summed E-state index contributed by atoms with van der Waals surface area (Å²) in [5.74, 6) is 0. The van der Waals surface area contributed by atoms with Crippen molar-refractivity contribution in [3.8, 4) is 89.0 Å². The Morgan fingerprint density at radius 3 is 0.276 bits per heavy atom. The smallest absolute Gasteiger partial charge is 0.0462 e. The molecule has 0 aliphatic carbocycles. The zero-order valence-corrected chi connectivity index (χ0v) is 66.0. The SMILES string of the molecule is CC.CC.c1ccc(-c2ccc(-c3ccc(N(c4ccccc4)c4ccc(-c5ccc(N(c6ccc(-c7ccccc7)cc6)c6ccc(-c7ccccc7)cc6)cc5)cc4)cc3)cc2)cc1.c1ccc(-c2ccc(N(c3ccccc3)c3ccc(-c4ccc(N(c5ccccc5)c5ccc(-c6ccccc6)cc5)cc4)cc3)cc2)cc1. The summed E-state index contributed by atoms with van der Waals surface area (Å²) < 4.78 is 0. The minimum atomic E-state index is 1.09. The van der Waals surface area contributed by atoms with Gasteiger partial charge in [0.05, 0.1) is 0 Å². The average Bonchev–Trinajstić information content (AvgIpc) is 0.801. The first-order valence-corrected chi connectivity index (χ1v) is 40.2. The largest absolute Gasteiger partial charge is 0.311 e. The second kappa shape index (κ2) is 37.9. The van der Waals surface area contributed by atoms with Crippen LogP contribution in [0, 0.1) is 0 Å². The van der Waals surface area contributed by atoms with E-state index in [4.69, 9.17) is 0 Å². The Balaban J connectivity index is 0.000000178. The van der Waals surface area contributed by atoms with E-state index in [1.54, 1.807) is 0 Å². The van der Waals surface area contributed by atoms with Crippen LogP contribution in [0.1, 0.15) is 27.7 Å². The summed E-state index contributed by atoms with van der Waals surface area (Å²) in [6, 6.07) is 173. The molecule has 18 aromatic rings. The van der Waals surface area contributed by atoms with Gasteiger partial charge in [0.1, 0.15) is 0 Å². The van der Waals surface area contributed by atoms with E-state index in [1.807, 2.05) is 27.7 Å². The summed E-state index contributed by atoms with van der Waals surface area (Å²) in [4.78, 5) is 9.27. The third-order valence-electron chi connectivity index (χ3n) is 20.6. The first-order valence-electron chi connectivity index (χ1n) is 40.2. The molecule has 0 bridgehead atoms.